The maximum absolute atomic E-state index is 12.9. The molecule has 0 radical (unpaired) electrons. The van der Waals surface area contributed by atoms with Gasteiger partial charge in [-0.2, -0.15) is 5.26 Å². The van der Waals surface area contributed by atoms with Crippen LogP contribution in [0, 0.1) is 17.2 Å². The van der Waals surface area contributed by atoms with Gasteiger partial charge in [0.05, 0.1) is 17.6 Å². The third-order valence-electron chi connectivity index (χ3n) is 5.78. The minimum atomic E-state index is -0.366. The number of nitrogens with zero attached hydrogens (tertiary/aromatic N) is 2. The number of benzene rings is 2. The Balaban J connectivity index is 1.56. The van der Waals surface area contributed by atoms with E-state index in [4.69, 9.17) is 14.5 Å². The molecule has 2 aliphatic heterocycles. The summed E-state index contributed by atoms with van der Waals surface area (Å²) in [5.41, 5.74) is 3.55. The van der Waals surface area contributed by atoms with Crippen LogP contribution < -0.4 is 9.47 Å². The maximum atomic E-state index is 12.9. The van der Waals surface area contributed by atoms with Crippen molar-refractivity contribution in [2.45, 2.75) is 30.9 Å². The highest BCUT2D eigenvalue weighted by Gasteiger charge is 2.42. The SMILES string of the molecule is N#CC1=C(SCc2ccccc2)N=C2CCCC(=O)[C@H]2[C@@H]1c1ccc2c(c1)OCO2. The van der Waals surface area contributed by atoms with E-state index >= 15 is 0 Å². The standard InChI is InChI=1S/C24H20N2O3S/c25-12-17-22(16-9-10-20-21(11-16)29-14-28-20)23-18(7-4-8-19(23)27)26-24(17)30-13-15-5-2-1-3-6-15/h1-3,5-6,9-11,22-23H,4,7-8,13-14H2/t22-,23+/m1/s1. The van der Waals surface area contributed by atoms with Crippen LogP contribution in [0.1, 0.15) is 36.3 Å². The van der Waals surface area contributed by atoms with E-state index in [0.717, 1.165) is 34.9 Å². The van der Waals surface area contributed by atoms with E-state index < -0.39 is 0 Å². The second-order valence-corrected chi connectivity index (χ2v) is 8.56. The van der Waals surface area contributed by atoms with Crippen molar-refractivity contribution in [2.24, 2.45) is 10.9 Å². The number of fused-ring (bicyclic) bond motifs is 2. The average molecular weight is 417 g/mol. The Labute approximate surface area is 179 Å². The summed E-state index contributed by atoms with van der Waals surface area (Å²) in [6, 6.07) is 18.2. The summed E-state index contributed by atoms with van der Waals surface area (Å²) in [6.45, 7) is 0.192. The molecule has 3 aliphatic rings. The van der Waals surface area contributed by atoms with Gasteiger partial charge in [0.15, 0.2) is 11.5 Å². The maximum Gasteiger partial charge on any atom is 0.231 e. The Morgan fingerprint density at radius 2 is 1.90 bits per heavy atom. The van der Waals surface area contributed by atoms with E-state index in [1.807, 2.05) is 36.4 Å². The van der Waals surface area contributed by atoms with Crippen LogP contribution in [0.25, 0.3) is 0 Å². The summed E-state index contributed by atoms with van der Waals surface area (Å²) < 4.78 is 11.0. The van der Waals surface area contributed by atoms with E-state index in [0.29, 0.717) is 23.5 Å². The molecule has 1 aliphatic carbocycles. The number of ether oxygens (including phenoxy) is 2. The molecule has 5 nitrogen and oxygen atoms in total. The highest BCUT2D eigenvalue weighted by Crippen LogP contribution is 2.47. The minimum absolute atomic E-state index is 0.169. The second kappa shape index (κ2) is 8.00. The summed E-state index contributed by atoms with van der Waals surface area (Å²) in [4.78, 5) is 17.7. The van der Waals surface area contributed by atoms with Gasteiger partial charge in [-0.3, -0.25) is 4.79 Å². The number of carbonyl (C=O) groups is 1. The first-order valence-electron chi connectivity index (χ1n) is 10.1. The Bertz CT molecular complexity index is 1100. The van der Waals surface area contributed by atoms with Crippen molar-refractivity contribution in [3.63, 3.8) is 0 Å². The zero-order chi connectivity index (χ0) is 20.5. The Morgan fingerprint density at radius 3 is 2.73 bits per heavy atom. The molecule has 0 unspecified atom stereocenters. The van der Waals surface area contributed by atoms with Crippen LogP contribution in [0.4, 0.5) is 0 Å². The van der Waals surface area contributed by atoms with Gasteiger partial charge in [0, 0.05) is 23.8 Å². The molecule has 2 aromatic rings. The van der Waals surface area contributed by atoms with Gasteiger partial charge in [-0.25, -0.2) is 4.99 Å². The lowest BCUT2D eigenvalue weighted by Crippen LogP contribution is -2.37. The normalized spacial score (nSPS) is 22.4. The van der Waals surface area contributed by atoms with Crippen molar-refractivity contribution in [1.82, 2.24) is 0 Å². The van der Waals surface area contributed by atoms with Gasteiger partial charge in [-0.1, -0.05) is 36.4 Å². The number of Topliss-reactive ketones (excluding diaryl/α,β-unsaturated/α-hetero) is 1. The summed E-state index contributed by atoms with van der Waals surface area (Å²) in [6.07, 6.45) is 2.15. The lowest BCUT2D eigenvalue weighted by atomic mass is 9.70. The van der Waals surface area contributed by atoms with Crippen molar-refractivity contribution in [1.29, 1.82) is 5.26 Å². The average Bonchev–Trinajstić information content (AvgIpc) is 3.25. The van der Waals surface area contributed by atoms with Crippen LogP contribution in [-0.2, 0) is 10.5 Å². The minimum Gasteiger partial charge on any atom is -0.454 e. The van der Waals surface area contributed by atoms with E-state index in [1.165, 1.54) is 5.56 Å². The molecule has 0 N–H and O–H groups in total. The fourth-order valence-electron chi connectivity index (χ4n) is 4.35. The van der Waals surface area contributed by atoms with Gasteiger partial charge in [-0.05, 0) is 36.1 Å². The van der Waals surface area contributed by atoms with Gasteiger partial charge < -0.3 is 9.47 Å². The number of carbonyl (C=O) groups excluding carboxylic acids is 1. The van der Waals surface area contributed by atoms with Crippen LogP contribution in [0.15, 0.2) is 64.1 Å². The Morgan fingerprint density at radius 1 is 1.07 bits per heavy atom. The number of aliphatic imine (C=N–C) groups is 1. The van der Waals surface area contributed by atoms with Crippen LogP contribution >= 0.6 is 11.8 Å². The number of rotatable bonds is 4. The van der Waals surface area contributed by atoms with Crippen LogP contribution in [0.3, 0.4) is 0 Å². The number of thioether (sulfide) groups is 1. The van der Waals surface area contributed by atoms with Gasteiger partial charge >= 0.3 is 0 Å². The van der Waals surface area contributed by atoms with E-state index in [9.17, 15) is 10.1 Å². The van der Waals surface area contributed by atoms with E-state index in [1.54, 1.807) is 11.8 Å². The number of nitriles is 1. The number of allylic oxidation sites excluding steroid dienone is 1. The molecule has 1 fully saturated rings. The molecule has 0 amide bonds. The quantitative estimate of drug-likeness (QED) is 0.702. The molecule has 30 heavy (non-hydrogen) atoms. The van der Waals surface area contributed by atoms with E-state index in [2.05, 4.69) is 18.2 Å². The summed E-state index contributed by atoms with van der Waals surface area (Å²) in [7, 11) is 0. The predicted octanol–water partition coefficient (Wildman–Crippen LogP) is 4.99. The molecule has 0 spiro atoms. The lowest BCUT2D eigenvalue weighted by Gasteiger charge is -2.34. The molecule has 1 saturated carbocycles. The van der Waals surface area contributed by atoms with Gasteiger partial charge in [0.25, 0.3) is 0 Å². The molecule has 5 rings (SSSR count). The van der Waals surface area contributed by atoms with Crippen molar-refractivity contribution < 1.29 is 14.3 Å². The number of hydrogen-bond donors (Lipinski definition) is 0. The smallest absolute Gasteiger partial charge is 0.231 e. The van der Waals surface area contributed by atoms with E-state index in [-0.39, 0.29) is 24.4 Å². The van der Waals surface area contributed by atoms with Gasteiger partial charge in [0.1, 0.15) is 10.8 Å². The molecule has 0 bridgehead atoms. The molecular formula is C24H20N2O3S. The monoisotopic (exact) mass is 416 g/mol. The summed E-state index contributed by atoms with van der Waals surface area (Å²) in [5.74, 6) is 1.56. The van der Waals surface area contributed by atoms with Crippen LogP contribution in [0.2, 0.25) is 0 Å². The number of ketones is 1. The van der Waals surface area contributed by atoms with Crippen molar-refractivity contribution in [3.05, 3.63) is 70.3 Å². The van der Waals surface area contributed by atoms with Crippen molar-refractivity contribution >= 4 is 23.3 Å². The molecule has 2 aromatic carbocycles. The van der Waals surface area contributed by atoms with Gasteiger partial charge in [-0.15, -0.1) is 11.8 Å². The Hall–Kier alpha value is -3.04. The molecule has 0 saturated heterocycles. The van der Waals surface area contributed by atoms with Crippen molar-refractivity contribution in [3.8, 4) is 17.6 Å². The summed E-state index contributed by atoms with van der Waals surface area (Å²) >= 11 is 1.57. The zero-order valence-corrected chi connectivity index (χ0v) is 17.2. The molecule has 6 heteroatoms. The molecular weight excluding hydrogens is 396 g/mol. The van der Waals surface area contributed by atoms with Crippen LogP contribution in [-0.4, -0.2) is 18.3 Å². The third-order valence-corrected chi connectivity index (χ3v) is 6.84. The zero-order valence-electron chi connectivity index (χ0n) is 16.3. The Kier molecular flexibility index (Phi) is 5.06. The first-order chi connectivity index (χ1) is 14.7. The third kappa shape index (κ3) is 3.40. The van der Waals surface area contributed by atoms with Crippen LogP contribution in [0.5, 0.6) is 11.5 Å². The highest BCUT2D eigenvalue weighted by molar-refractivity contribution is 8.02. The first kappa shape index (κ1) is 19.0. The first-order valence-corrected chi connectivity index (χ1v) is 11.0. The highest BCUT2D eigenvalue weighted by atomic mass is 32.2. The fraction of sp³-hybridized carbons (Fsp3) is 0.292. The topological polar surface area (TPSA) is 71.7 Å². The number of hydrogen-bond acceptors (Lipinski definition) is 6. The predicted molar refractivity (Wildman–Crippen MR) is 115 cm³/mol. The molecule has 150 valence electrons. The van der Waals surface area contributed by atoms with Crippen molar-refractivity contribution in [2.75, 3.05) is 6.79 Å². The second-order valence-electron chi connectivity index (χ2n) is 7.60. The molecule has 2 heterocycles. The lowest BCUT2D eigenvalue weighted by molar-refractivity contribution is -0.121. The molecule has 2 atom stereocenters. The van der Waals surface area contributed by atoms with Gasteiger partial charge in [0.2, 0.25) is 6.79 Å². The fourth-order valence-corrected chi connectivity index (χ4v) is 5.36. The summed E-state index contributed by atoms with van der Waals surface area (Å²) in [5, 5.41) is 10.8. The molecule has 0 aromatic heterocycles. The largest absolute Gasteiger partial charge is 0.454 e.